The van der Waals surface area contributed by atoms with Gasteiger partial charge < -0.3 is 15.1 Å². The number of aromatic nitrogens is 2. The topological polar surface area (TPSA) is 64.6 Å². The highest BCUT2D eigenvalue weighted by atomic mass is 16.2. The van der Waals surface area contributed by atoms with Gasteiger partial charge in [0.1, 0.15) is 18.0 Å². The van der Waals surface area contributed by atoms with E-state index in [1.165, 1.54) is 12.8 Å². The Morgan fingerprint density at radius 3 is 2.75 bits per heavy atom. The van der Waals surface area contributed by atoms with Gasteiger partial charge in [0.15, 0.2) is 0 Å². The van der Waals surface area contributed by atoms with Gasteiger partial charge in [-0.1, -0.05) is 6.92 Å². The zero-order valence-electron chi connectivity index (χ0n) is 17.6. The van der Waals surface area contributed by atoms with Gasteiger partial charge in [0, 0.05) is 58.3 Å². The summed E-state index contributed by atoms with van der Waals surface area (Å²) in [5.74, 6) is 2.78. The van der Waals surface area contributed by atoms with E-state index in [0.29, 0.717) is 18.2 Å². The molecule has 0 aliphatic carbocycles. The van der Waals surface area contributed by atoms with Crippen LogP contribution in [0, 0.1) is 5.92 Å². The summed E-state index contributed by atoms with van der Waals surface area (Å²) in [5.41, 5.74) is 0. The molecular formula is C21H36N6O. The Labute approximate surface area is 169 Å². The number of nitrogens with zero attached hydrogens (tertiary/aromatic N) is 5. The van der Waals surface area contributed by atoms with Crippen LogP contribution in [0.2, 0.25) is 0 Å². The van der Waals surface area contributed by atoms with E-state index >= 15 is 0 Å². The van der Waals surface area contributed by atoms with Crippen molar-refractivity contribution in [2.24, 2.45) is 5.92 Å². The van der Waals surface area contributed by atoms with Crippen LogP contribution in [0.5, 0.6) is 0 Å². The molecule has 2 saturated heterocycles. The lowest BCUT2D eigenvalue weighted by molar-refractivity contribution is -0.133. The highest BCUT2D eigenvalue weighted by Crippen LogP contribution is 2.25. The number of carbonyl (C=O) groups excluding carboxylic acids is 1. The predicted octanol–water partition coefficient (Wildman–Crippen LogP) is 2.46. The van der Waals surface area contributed by atoms with Crippen LogP contribution in [-0.4, -0.2) is 78.0 Å². The van der Waals surface area contributed by atoms with Crippen LogP contribution >= 0.6 is 0 Å². The number of piperazine rings is 1. The Kier molecular flexibility index (Phi) is 7.89. The highest BCUT2D eigenvalue weighted by molar-refractivity contribution is 5.76. The van der Waals surface area contributed by atoms with Crippen molar-refractivity contribution in [2.75, 3.05) is 62.6 Å². The molecule has 0 spiro atoms. The number of amides is 1. The van der Waals surface area contributed by atoms with Gasteiger partial charge >= 0.3 is 0 Å². The first kappa shape index (κ1) is 20.8. The SMILES string of the molecule is CCCN1CCN(C(=O)CC[C@@H]2CCCN(c3cc(NCC)ncn3)C2)CC1. The van der Waals surface area contributed by atoms with Crippen LogP contribution in [0.4, 0.5) is 11.6 Å². The average molecular weight is 389 g/mol. The van der Waals surface area contributed by atoms with Crippen LogP contribution in [-0.2, 0) is 4.79 Å². The molecule has 2 aliphatic rings. The van der Waals surface area contributed by atoms with Gasteiger partial charge in [0.2, 0.25) is 5.91 Å². The van der Waals surface area contributed by atoms with E-state index in [9.17, 15) is 4.79 Å². The van der Waals surface area contributed by atoms with Crippen molar-refractivity contribution < 1.29 is 4.79 Å². The van der Waals surface area contributed by atoms with Crippen molar-refractivity contribution in [1.29, 1.82) is 0 Å². The molecule has 0 saturated carbocycles. The van der Waals surface area contributed by atoms with E-state index in [1.807, 2.05) is 6.07 Å². The van der Waals surface area contributed by atoms with Crippen molar-refractivity contribution in [1.82, 2.24) is 19.8 Å². The molecule has 2 aliphatic heterocycles. The Morgan fingerprint density at radius 2 is 2.00 bits per heavy atom. The second-order valence-electron chi connectivity index (χ2n) is 8.01. The van der Waals surface area contributed by atoms with Crippen LogP contribution in [0.25, 0.3) is 0 Å². The molecule has 156 valence electrons. The maximum atomic E-state index is 12.6. The maximum Gasteiger partial charge on any atom is 0.222 e. The molecule has 0 aromatic carbocycles. The Morgan fingerprint density at radius 1 is 1.18 bits per heavy atom. The lowest BCUT2D eigenvalue weighted by Gasteiger charge is -2.36. The van der Waals surface area contributed by atoms with Crippen LogP contribution < -0.4 is 10.2 Å². The summed E-state index contributed by atoms with van der Waals surface area (Å²) in [6, 6.07) is 2.03. The third kappa shape index (κ3) is 5.80. The minimum atomic E-state index is 0.338. The van der Waals surface area contributed by atoms with E-state index in [1.54, 1.807) is 6.33 Å². The second kappa shape index (κ2) is 10.6. The Balaban J connectivity index is 1.45. The molecule has 1 aromatic heterocycles. The molecule has 28 heavy (non-hydrogen) atoms. The van der Waals surface area contributed by atoms with Gasteiger partial charge in [-0.05, 0) is 45.1 Å². The lowest BCUT2D eigenvalue weighted by atomic mass is 9.93. The van der Waals surface area contributed by atoms with Crippen molar-refractivity contribution in [3.63, 3.8) is 0 Å². The number of rotatable bonds is 8. The smallest absolute Gasteiger partial charge is 0.222 e. The van der Waals surface area contributed by atoms with Gasteiger partial charge in [-0.25, -0.2) is 9.97 Å². The summed E-state index contributed by atoms with van der Waals surface area (Å²) in [6.45, 7) is 12.1. The summed E-state index contributed by atoms with van der Waals surface area (Å²) < 4.78 is 0. The van der Waals surface area contributed by atoms with Crippen molar-refractivity contribution in [3.05, 3.63) is 12.4 Å². The number of piperidine rings is 1. The molecule has 0 radical (unpaired) electrons. The largest absolute Gasteiger partial charge is 0.370 e. The fraction of sp³-hybridized carbons (Fsp3) is 0.762. The third-order valence-corrected chi connectivity index (χ3v) is 5.88. The quantitative estimate of drug-likeness (QED) is 0.738. The summed E-state index contributed by atoms with van der Waals surface area (Å²) >= 11 is 0. The van der Waals surface area contributed by atoms with Crippen LogP contribution in [0.1, 0.15) is 46.0 Å². The highest BCUT2D eigenvalue weighted by Gasteiger charge is 2.24. The average Bonchev–Trinajstić information content (AvgIpc) is 2.73. The summed E-state index contributed by atoms with van der Waals surface area (Å²) in [7, 11) is 0. The maximum absolute atomic E-state index is 12.6. The van der Waals surface area contributed by atoms with Gasteiger partial charge in [-0.3, -0.25) is 9.69 Å². The molecule has 1 aromatic rings. The molecule has 7 heteroatoms. The van der Waals surface area contributed by atoms with E-state index in [0.717, 1.165) is 76.8 Å². The summed E-state index contributed by atoms with van der Waals surface area (Å²) in [5, 5.41) is 3.25. The fourth-order valence-electron chi connectivity index (χ4n) is 4.33. The fourth-order valence-corrected chi connectivity index (χ4v) is 4.33. The van der Waals surface area contributed by atoms with E-state index in [4.69, 9.17) is 0 Å². The van der Waals surface area contributed by atoms with E-state index < -0.39 is 0 Å². The third-order valence-electron chi connectivity index (χ3n) is 5.88. The lowest BCUT2D eigenvalue weighted by Crippen LogP contribution is -2.48. The molecule has 3 rings (SSSR count). The van der Waals surface area contributed by atoms with Crippen LogP contribution in [0.3, 0.4) is 0 Å². The molecule has 1 amide bonds. The first-order chi connectivity index (χ1) is 13.7. The predicted molar refractivity (Wildman–Crippen MR) is 114 cm³/mol. The second-order valence-corrected chi connectivity index (χ2v) is 8.01. The minimum absolute atomic E-state index is 0.338. The van der Waals surface area contributed by atoms with Crippen molar-refractivity contribution in [3.8, 4) is 0 Å². The van der Waals surface area contributed by atoms with E-state index in [2.05, 4.69) is 43.8 Å². The standard InChI is InChI=1S/C21H36N6O/c1-3-9-25-11-13-26(14-12-25)21(28)8-7-18-6-5-10-27(16-18)20-15-19(22-4-2)23-17-24-20/h15,17-18H,3-14,16H2,1-2H3,(H,22,23,24)/t18-/m0/s1. The number of carbonyl (C=O) groups is 1. The summed E-state index contributed by atoms with van der Waals surface area (Å²) in [4.78, 5) is 28.3. The molecule has 1 atom stereocenters. The normalized spacial score (nSPS) is 21.0. The van der Waals surface area contributed by atoms with Crippen molar-refractivity contribution >= 4 is 17.5 Å². The van der Waals surface area contributed by atoms with Gasteiger partial charge in [0.05, 0.1) is 0 Å². The van der Waals surface area contributed by atoms with Crippen molar-refractivity contribution in [2.45, 2.75) is 46.0 Å². The molecule has 0 bridgehead atoms. The van der Waals surface area contributed by atoms with Gasteiger partial charge in [-0.2, -0.15) is 0 Å². The molecular weight excluding hydrogens is 352 g/mol. The van der Waals surface area contributed by atoms with Crippen LogP contribution in [0.15, 0.2) is 12.4 Å². The summed E-state index contributed by atoms with van der Waals surface area (Å²) in [6.07, 6.45) is 6.86. The Bertz CT molecular complexity index is 617. The molecule has 0 unspecified atom stereocenters. The first-order valence-electron chi connectivity index (χ1n) is 11.0. The first-order valence-corrected chi connectivity index (χ1v) is 11.0. The zero-order chi connectivity index (χ0) is 19.8. The molecule has 7 nitrogen and oxygen atoms in total. The number of nitrogens with one attached hydrogen (secondary N) is 1. The zero-order valence-corrected chi connectivity index (χ0v) is 17.6. The number of anilines is 2. The Hall–Kier alpha value is -1.89. The monoisotopic (exact) mass is 388 g/mol. The number of hydrogen-bond donors (Lipinski definition) is 1. The van der Waals surface area contributed by atoms with E-state index in [-0.39, 0.29) is 0 Å². The van der Waals surface area contributed by atoms with Gasteiger partial charge in [-0.15, -0.1) is 0 Å². The molecule has 3 heterocycles. The number of hydrogen-bond acceptors (Lipinski definition) is 6. The van der Waals surface area contributed by atoms with Gasteiger partial charge in [0.25, 0.3) is 0 Å². The minimum Gasteiger partial charge on any atom is -0.370 e. The molecule has 2 fully saturated rings. The molecule has 1 N–H and O–H groups in total.